The zero-order chi connectivity index (χ0) is 17.7. The molecule has 0 bridgehead atoms. The summed E-state index contributed by atoms with van der Waals surface area (Å²) < 4.78 is 13.3. The van der Waals surface area contributed by atoms with E-state index in [1.807, 2.05) is 30.3 Å². The van der Waals surface area contributed by atoms with E-state index in [0.29, 0.717) is 18.7 Å². The molecule has 3 aromatic carbocycles. The van der Waals surface area contributed by atoms with Crippen LogP contribution in [0.15, 0.2) is 78.9 Å². The van der Waals surface area contributed by atoms with Crippen molar-refractivity contribution in [2.24, 2.45) is 0 Å². The number of aryl methyl sites for hydroxylation is 1. The molecule has 2 nitrogen and oxygen atoms in total. The predicted molar refractivity (Wildman–Crippen MR) is 98.7 cm³/mol. The monoisotopic (exact) mass is 335 g/mol. The Bertz CT molecular complexity index is 800. The molecule has 0 radical (unpaired) electrons. The normalized spacial score (nSPS) is 13.4. The fourth-order valence-electron chi connectivity index (χ4n) is 2.90. The lowest BCUT2D eigenvalue weighted by atomic mass is 9.86. The number of aliphatic hydroxyl groups is 1. The van der Waals surface area contributed by atoms with Crippen molar-refractivity contribution < 1.29 is 9.50 Å². The molecule has 0 aliphatic rings. The summed E-state index contributed by atoms with van der Waals surface area (Å²) in [5, 5.41) is 14.7. The lowest BCUT2D eigenvalue weighted by Gasteiger charge is -2.30. The lowest BCUT2D eigenvalue weighted by molar-refractivity contribution is 0.0795. The van der Waals surface area contributed by atoms with Gasteiger partial charge in [0.1, 0.15) is 11.4 Å². The molecule has 0 heterocycles. The number of halogens is 1. The first-order valence-corrected chi connectivity index (χ1v) is 8.38. The van der Waals surface area contributed by atoms with Gasteiger partial charge in [-0.05, 0) is 35.7 Å². The van der Waals surface area contributed by atoms with Crippen LogP contribution in [0, 0.1) is 12.7 Å². The molecular formula is C22H22FNO. The molecule has 0 unspecified atom stereocenters. The Kier molecular flexibility index (Phi) is 5.27. The van der Waals surface area contributed by atoms with E-state index in [0.717, 1.165) is 11.1 Å². The molecule has 1 atom stereocenters. The number of rotatable bonds is 6. The third kappa shape index (κ3) is 4.13. The Labute approximate surface area is 148 Å². The molecule has 0 saturated carbocycles. The largest absolute Gasteiger partial charge is 0.379 e. The van der Waals surface area contributed by atoms with Gasteiger partial charge in [0.05, 0.1) is 0 Å². The average molecular weight is 335 g/mol. The second-order valence-corrected chi connectivity index (χ2v) is 6.32. The highest BCUT2D eigenvalue weighted by atomic mass is 19.1. The molecule has 0 aliphatic heterocycles. The van der Waals surface area contributed by atoms with Gasteiger partial charge in [0.15, 0.2) is 0 Å². The maximum Gasteiger partial charge on any atom is 0.127 e. The van der Waals surface area contributed by atoms with Crippen LogP contribution in [-0.4, -0.2) is 11.7 Å². The zero-order valence-electron chi connectivity index (χ0n) is 14.2. The Balaban J connectivity index is 1.81. The van der Waals surface area contributed by atoms with Crippen LogP contribution >= 0.6 is 0 Å². The maximum absolute atomic E-state index is 13.3. The highest BCUT2D eigenvalue weighted by Crippen LogP contribution is 2.29. The van der Waals surface area contributed by atoms with Gasteiger partial charge in [0, 0.05) is 13.1 Å². The summed E-state index contributed by atoms with van der Waals surface area (Å²) in [5.41, 5.74) is 2.59. The summed E-state index contributed by atoms with van der Waals surface area (Å²) in [6, 6.07) is 23.8. The van der Waals surface area contributed by atoms with Crippen LogP contribution in [0.3, 0.4) is 0 Å². The Morgan fingerprint density at radius 1 is 0.840 bits per heavy atom. The van der Waals surface area contributed by atoms with Gasteiger partial charge >= 0.3 is 0 Å². The minimum Gasteiger partial charge on any atom is -0.379 e. The van der Waals surface area contributed by atoms with Crippen molar-refractivity contribution in [2.45, 2.75) is 19.1 Å². The van der Waals surface area contributed by atoms with E-state index in [9.17, 15) is 9.50 Å². The number of hydrogen-bond donors (Lipinski definition) is 2. The van der Waals surface area contributed by atoms with Crippen LogP contribution in [-0.2, 0) is 12.1 Å². The highest BCUT2D eigenvalue weighted by molar-refractivity contribution is 5.36. The van der Waals surface area contributed by atoms with Gasteiger partial charge in [-0.25, -0.2) is 4.39 Å². The van der Waals surface area contributed by atoms with Crippen LogP contribution < -0.4 is 5.32 Å². The molecule has 25 heavy (non-hydrogen) atoms. The van der Waals surface area contributed by atoms with Gasteiger partial charge < -0.3 is 10.4 Å². The summed E-state index contributed by atoms with van der Waals surface area (Å²) >= 11 is 0. The minimum absolute atomic E-state index is 0.313. The van der Waals surface area contributed by atoms with E-state index in [-0.39, 0.29) is 5.82 Å². The molecule has 0 aromatic heterocycles. The first-order valence-electron chi connectivity index (χ1n) is 8.38. The quantitative estimate of drug-likeness (QED) is 0.709. The smallest absolute Gasteiger partial charge is 0.127 e. The topological polar surface area (TPSA) is 32.3 Å². The van der Waals surface area contributed by atoms with Crippen molar-refractivity contribution in [3.8, 4) is 0 Å². The van der Waals surface area contributed by atoms with E-state index in [4.69, 9.17) is 0 Å². The Morgan fingerprint density at radius 2 is 1.44 bits per heavy atom. The number of nitrogens with one attached hydrogen (secondary N) is 1. The molecule has 2 N–H and O–H groups in total. The predicted octanol–water partition coefficient (Wildman–Crippen LogP) is 4.16. The van der Waals surface area contributed by atoms with E-state index < -0.39 is 5.60 Å². The fraction of sp³-hybridized carbons (Fsp3) is 0.182. The van der Waals surface area contributed by atoms with Crippen molar-refractivity contribution >= 4 is 0 Å². The summed E-state index contributed by atoms with van der Waals surface area (Å²) in [5.74, 6) is -0.313. The molecule has 3 aromatic rings. The van der Waals surface area contributed by atoms with Crippen LogP contribution in [0.2, 0.25) is 0 Å². The molecule has 0 saturated heterocycles. The van der Waals surface area contributed by atoms with Gasteiger partial charge in [0.2, 0.25) is 0 Å². The zero-order valence-corrected chi connectivity index (χ0v) is 14.2. The molecule has 0 spiro atoms. The van der Waals surface area contributed by atoms with E-state index >= 15 is 0 Å². The number of benzene rings is 3. The SMILES string of the molecule is Cc1ccc(CNC[C@](O)(c2ccccc2)c2ccc(F)cc2)cc1. The lowest BCUT2D eigenvalue weighted by Crippen LogP contribution is -2.39. The van der Waals surface area contributed by atoms with Gasteiger partial charge in [-0.3, -0.25) is 0 Å². The molecule has 3 rings (SSSR count). The number of hydrogen-bond acceptors (Lipinski definition) is 2. The molecule has 0 aliphatic carbocycles. The van der Waals surface area contributed by atoms with Crippen molar-refractivity contribution in [1.29, 1.82) is 0 Å². The van der Waals surface area contributed by atoms with Crippen LogP contribution in [0.25, 0.3) is 0 Å². The molecule has 3 heteroatoms. The van der Waals surface area contributed by atoms with Crippen molar-refractivity contribution in [3.63, 3.8) is 0 Å². The summed E-state index contributed by atoms with van der Waals surface area (Å²) in [6.07, 6.45) is 0. The van der Waals surface area contributed by atoms with Gasteiger partial charge in [-0.15, -0.1) is 0 Å². The summed E-state index contributed by atoms with van der Waals surface area (Å²) in [6.45, 7) is 3.03. The first kappa shape index (κ1) is 17.3. The molecule has 0 amide bonds. The first-order chi connectivity index (χ1) is 12.1. The fourth-order valence-corrected chi connectivity index (χ4v) is 2.90. The Morgan fingerprint density at radius 3 is 2.08 bits per heavy atom. The minimum atomic E-state index is -1.22. The van der Waals surface area contributed by atoms with Crippen LogP contribution in [0.5, 0.6) is 0 Å². The van der Waals surface area contributed by atoms with Gasteiger partial charge in [-0.1, -0.05) is 72.3 Å². The molecular weight excluding hydrogens is 313 g/mol. The van der Waals surface area contributed by atoms with Crippen LogP contribution in [0.1, 0.15) is 22.3 Å². The second kappa shape index (κ2) is 7.60. The Hall–Kier alpha value is -2.49. The van der Waals surface area contributed by atoms with Crippen LogP contribution in [0.4, 0.5) is 4.39 Å². The third-order valence-electron chi connectivity index (χ3n) is 4.40. The summed E-state index contributed by atoms with van der Waals surface area (Å²) in [4.78, 5) is 0. The average Bonchev–Trinajstić information content (AvgIpc) is 2.64. The van der Waals surface area contributed by atoms with Gasteiger partial charge in [0.25, 0.3) is 0 Å². The molecule has 0 fully saturated rings. The van der Waals surface area contributed by atoms with Gasteiger partial charge in [-0.2, -0.15) is 0 Å². The van der Waals surface area contributed by atoms with E-state index in [2.05, 4.69) is 36.5 Å². The molecule has 128 valence electrons. The highest BCUT2D eigenvalue weighted by Gasteiger charge is 2.31. The second-order valence-electron chi connectivity index (χ2n) is 6.32. The maximum atomic E-state index is 13.3. The van der Waals surface area contributed by atoms with Crippen molar-refractivity contribution in [3.05, 3.63) is 107 Å². The third-order valence-corrected chi connectivity index (χ3v) is 4.40. The summed E-state index contributed by atoms with van der Waals surface area (Å²) in [7, 11) is 0. The van der Waals surface area contributed by atoms with Crippen molar-refractivity contribution in [2.75, 3.05) is 6.54 Å². The van der Waals surface area contributed by atoms with Crippen molar-refractivity contribution in [1.82, 2.24) is 5.32 Å². The van der Waals surface area contributed by atoms with E-state index in [1.165, 1.54) is 17.7 Å². The van der Waals surface area contributed by atoms with E-state index in [1.54, 1.807) is 12.1 Å². The standard InChI is InChI=1S/C22H22FNO/c1-17-7-9-18(10-8-17)15-24-16-22(25,19-5-3-2-4-6-19)20-11-13-21(23)14-12-20/h2-14,24-25H,15-16H2,1H3/t22-/m0/s1.